The Hall–Kier alpha value is -17.6. The maximum atomic E-state index is 6.70. The molecule has 3 aliphatic carbocycles. The maximum absolute atomic E-state index is 6.70. The highest BCUT2D eigenvalue weighted by molar-refractivity contribution is 5.54. The molecule has 0 N–H and O–H groups in total. The van der Waals surface area contributed by atoms with E-state index in [1.807, 2.05) is 182 Å². The van der Waals surface area contributed by atoms with Crippen LogP contribution in [-0.2, 0) is 73.5 Å². The van der Waals surface area contributed by atoms with E-state index in [1.165, 1.54) is 0 Å². The molecule has 0 aliphatic heterocycles. The van der Waals surface area contributed by atoms with E-state index in [1.54, 1.807) is 36.4 Å². The fraction of sp³-hybridized carbons (Fsp3) is 0.244. The molecule has 0 saturated carbocycles. The summed E-state index contributed by atoms with van der Waals surface area (Å²) < 4.78 is 130. The smallest absolute Gasteiger partial charge is 0.148 e. The van der Waals surface area contributed by atoms with Crippen LogP contribution in [0, 0.1) is 148 Å². The minimum Gasteiger partial charge on any atom is -0.489 e. The number of benzene rings is 9. The van der Waals surface area contributed by atoms with Crippen LogP contribution < -0.4 is 71.1 Å². The van der Waals surface area contributed by atoms with E-state index in [4.69, 9.17) is 177 Å². The number of rotatable bonds is 54. The van der Waals surface area contributed by atoms with Gasteiger partial charge in [-0.3, -0.25) is 0 Å². The minimum atomic E-state index is -0.867. The Labute approximate surface area is 820 Å². The van der Waals surface area contributed by atoms with Crippen molar-refractivity contribution in [3.63, 3.8) is 0 Å². The van der Waals surface area contributed by atoms with Gasteiger partial charge in [-0.1, -0.05) is 107 Å². The first kappa shape index (κ1) is 101. The van der Waals surface area contributed by atoms with Crippen molar-refractivity contribution < 1.29 is 99.5 Å². The molecule has 0 aromatic heterocycles. The van der Waals surface area contributed by atoms with Gasteiger partial charge in [-0.15, -0.1) is 77.1 Å². The monoisotopic (exact) mass is 1870 g/mol. The summed E-state index contributed by atoms with van der Waals surface area (Å²) in [7, 11) is 0. The van der Waals surface area contributed by atoms with Crippen LogP contribution in [0.2, 0.25) is 0 Å². The van der Waals surface area contributed by atoms with Crippen molar-refractivity contribution in [3.05, 3.63) is 303 Å². The first-order chi connectivity index (χ1) is 68.5. The quantitative estimate of drug-likeness (QED) is 0.0258. The standard InChI is InChI=1S/C119H102O21/c1-14-38-120-101-50-86(51-102(68-101)121-39-15-2)80-135-113-62-92(63-114(74-113)136-81-87-52-103(122-40-16-3)69-104(53-87)123-41-17-4)77-132-98-32-26-95(27-33-98)119(13,96-28-34-99(35-29-96)133-78-93-64-115(137-82-88-54-105(124-42-18-5)70-106(55-88)125-43-19-6)75-116(65-93)138-83-89-56-107(126-44-20-7)71-108(57-89)127-45-21-8)97-30-36-100(37-31-97)134-79-94-66-117(139-84-90-58-109(128-46-22-9)72-110(59-90)129-47-23-10)76-118(67-94)140-85-91-60-111(130-48-24-11)73-112(61-91)131-49-25-12/h1-12,26-37,50-56,58-60,62-68,70-76,103,108,112H,38-49,57,61,69,77-85H2,13H3. The summed E-state index contributed by atoms with van der Waals surface area (Å²) in [5, 5.41) is 0. The molecule has 3 atom stereocenters. The number of ether oxygens (including phenoxy) is 21. The lowest BCUT2D eigenvalue weighted by molar-refractivity contribution is 0.0934. The zero-order chi connectivity index (χ0) is 98.3. The summed E-state index contributed by atoms with van der Waals surface area (Å²) in [4.78, 5) is 0. The molecule has 3 aliphatic rings. The van der Waals surface area contributed by atoms with Gasteiger partial charge in [-0.05, 0) is 219 Å². The number of terminal acetylenes is 12. The number of hydrogen-bond acceptors (Lipinski definition) is 21. The number of hydrogen-bond donors (Lipinski definition) is 0. The van der Waals surface area contributed by atoms with E-state index in [0.717, 1.165) is 50.1 Å². The number of allylic oxidation sites excluding steroid dienone is 2. The zero-order valence-electron chi connectivity index (χ0n) is 77.5. The minimum absolute atomic E-state index is 0.0313. The second kappa shape index (κ2) is 54.1. The first-order valence-corrected chi connectivity index (χ1v) is 44.3. The van der Waals surface area contributed by atoms with E-state index in [-0.39, 0.29) is 157 Å². The highest BCUT2D eigenvalue weighted by atomic mass is 16.5. The average Bonchev–Trinajstić information content (AvgIpc) is 0.759. The second-order valence-corrected chi connectivity index (χ2v) is 31.5. The van der Waals surface area contributed by atoms with Crippen molar-refractivity contribution >= 4 is 0 Å². The largest absolute Gasteiger partial charge is 0.489 e. The van der Waals surface area contributed by atoms with Crippen molar-refractivity contribution in [2.45, 2.75) is 89.6 Å². The predicted octanol–water partition coefficient (Wildman–Crippen LogP) is 18.4. The topological polar surface area (TPSA) is 194 Å². The van der Waals surface area contributed by atoms with Crippen molar-refractivity contribution in [1.29, 1.82) is 0 Å². The lowest BCUT2D eigenvalue weighted by Crippen LogP contribution is -2.25. The van der Waals surface area contributed by atoms with Gasteiger partial charge in [0, 0.05) is 61.1 Å². The lowest BCUT2D eigenvalue weighted by atomic mass is 9.71. The van der Waals surface area contributed by atoms with Crippen LogP contribution in [0.25, 0.3) is 0 Å². The molecule has 12 rings (SSSR count). The highest BCUT2D eigenvalue weighted by Gasteiger charge is 2.33. The summed E-state index contributed by atoms with van der Waals surface area (Å²) in [5.41, 5.74) is 8.67. The van der Waals surface area contributed by atoms with Crippen LogP contribution in [0.1, 0.15) is 76.3 Å². The van der Waals surface area contributed by atoms with Crippen molar-refractivity contribution in [3.8, 4) is 234 Å². The van der Waals surface area contributed by atoms with Crippen LogP contribution in [0.4, 0.5) is 0 Å². The van der Waals surface area contributed by atoms with E-state index < -0.39 is 5.41 Å². The van der Waals surface area contributed by atoms with Gasteiger partial charge >= 0.3 is 0 Å². The zero-order valence-corrected chi connectivity index (χ0v) is 77.5. The van der Waals surface area contributed by atoms with E-state index in [0.29, 0.717) is 139 Å². The molecule has 9 aromatic rings. The Morgan fingerprint density at radius 1 is 0.221 bits per heavy atom. The Kier molecular flexibility index (Phi) is 39.2. The third kappa shape index (κ3) is 32.1. The third-order valence-electron chi connectivity index (χ3n) is 21.1. The van der Waals surface area contributed by atoms with Gasteiger partial charge in [0.2, 0.25) is 0 Å². The maximum Gasteiger partial charge on any atom is 0.148 e. The fourth-order valence-corrected chi connectivity index (χ4v) is 14.9. The Bertz CT molecular complexity index is 6150. The van der Waals surface area contributed by atoms with Crippen LogP contribution in [0.5, 0.6) is 86.2 Å². The molecule has 0 radical (unpaired) electrons. The second-order valence-electron chi connectivity index (χ2n) is 31.5. The molecule has 0 heterocycles. The van der Waals surface area contributed by atoms with Gasteiger partial charge in [-0.2, -0.15) is 0 Å². The van der Waals surface area contributed by atoms with E-state index >= 15 is 0 Å². The molecule has 0 fully saturated rings. The molecule has 21 heteroatoms. The summed E-state index contributed by atoms with van der Waals surface area (Å²) >= 11 is 0. The van der Waals surface area contributed by atoms with Crippen molar-refractivity contribution in [2.75, 3.05) is 99.1 Å². The normalized spacial score (nSPS) is 14.1. The van der Waals surface area contributed by atoms with Gasteiger partial charge in [0.1, 0.15) is 242 Å². The lowest BCUT2D eigenvalue weighted by Gasteiger charge is -2.32. The SMILES string of the molecule is C#CCOC1=CC(OCC#C)CC(COc2cc(COc3ccc(C(C)(c4ccc(OCc5cc(OCC6=CC(OCC#C)CC(OCC#C)=C6)cc(OCc6cc(OCC#C)cc(OCC#C)c6)c5)cc4)c4ccc(OCc5cc(OCC6=CC(OCC#C)=CC(OCC#C)C6)cc(OCc6cc(OCC#C)cc(OCC#C)c6)c5)cc4)cc3)cc(OCc3cc(OCC#C)cc(OCC#C)c3)c2)=C1. The molecule has 9 aromatic carbocycles. The van der Waals surface area contributed by atoms with Crippen LogP contribution in [-0.4, -0.2) is 117 Å². The van der Waals surface area contributed by atoms with Crippen molar-refractivity contribution in [2.24, 2.45) is 0 Å². The van der Waals surface area contributed by atoms with Crippen molar-refractivity contribution in [1.82, 2.24) is 0 Å². The molecule has 0 spiro atoms. The predicted molar refractivity (Wildman–Crippen MR) is 534 cm³/mol. The summed E-state index contributed by atoms with van der Waals surface area (Å²) in [6.07, 6.45) is 78.6. The molecular formula is C119H102O21. The molecule has 3 unspecified atom stereocenters. The van der Waals surface area contributed by atoms with Gasteiger partial charge in [0.05, 0.1) is 18.3 Å². The summed E-state index contributed by atoms with van der Waals surface area (Å²) in [6, 6.07) is 56.6. The Balaban J connectivity index is 0.852. The summed E-state index contributed by atoms with van der Waals surface area (Å²) in [6.45, 7) is 3.76. The van der Waals surface area contributed by atoms with E-state index in [9.17, 15) is 0 Å². The first-order valence-electron chi connectivity index (χ1n) is 44.3. The third-order valence-corrected chi connectivity index (χ3v) is 21.1. The van der Waals surface area contributed by atoms with Crippen LogP contribution in [0.15, 0.2) is 252 Å². The van der Waals surface area contributed by atoms with Gasteiger partial charge in [-0.25, -0.2) is 0 Å². The van der Waals surface area contributed by atoms with Gasteiger partial charge in [0.25, 0.3) is 0 Å². The Morgan fingerprint density at radius 3 is 0.707 bits per heavy atom. The molecule has 0 saturated heterocycles. The highest BCUT2D eigenvalue weighted by Crippen LogP contribution is 2.43. The molecule has 704 valence electrons. The fourth-order valence-electron chi connectivity index (χ4n) is 14.9. The van der Waals surface area contributed by atoms with Gasteiger partial charge in [0.15, 0.2) is 0 Å². The summed E-state index contributed by atoms with van der Waals surface area (Å²) in [5.74, 6) is 39.3. The van der Waals surface area contributed by atoms with Gasteiger partial charge < -0.3 is 99.5 Å². The van der Waals surface area contributed by atoms with E-state index in [2.05, 4.69) is 78.0 Å². The average molecular weight is 1870 g/mol. The molecule has 0 amide bonds. The van der Waals surface area contributed by atoms with Crippen LogP contribution >= 0.6 is 0 Å². The molecule has 140 heavy (non-hydrogen) atoms. The molecule has 0 bridgehead atoms. The molecule has 21 nitrogen and oxygen atoms in total. The Morgan fingerprint density at radius 2 is 0.443 bits per heavy atom. The van der Waals surface area contributed by atoms with Crippen LogP contribution in [0.3, 0.4) is 0 Å². The molecular weight excluding hydrogens is 1770 g/mol.